The predicted octanol–water partition coefficient (Wildman–Crippen LogP) is 1.52. The summed E-state index contributed by atoms with van der Waals surface area (Å²) in [7, 11) is 0. The SMILES string of the molecule is CC(C)(C)c1noc(CC2CCNC2)n1. The van der Waals surface area contributed by atoms with Crippen LogP contribution in [0.15, 0.2) is 4.52 Å². The van der Waals surface area contributed by atoms with Crippen LogP contribution in [0.1, 0.15) is 38.9 Å². The van der Waals surface area contributed by atoms with Crippen molar-refractivity contribution >= 4 is 0 Å². The summed E-state index contributed by atoms with van der Waals surface area (Å²) in [6.07, 6.45) is 2.13. The summed E-state index contributed by atoms with van der Waals surface area (Å²) in [5, 5.41) is 7.36. The van der Waals surface area contributed by atoms with Crippen LogP contribution in [0.4, 0.5) is 0 Å². The molecule has 0 bridgehead atoms. The molecule has 1 aliphatic rings. The smallest absolute Gasteiger partial charge is 0.226 e. The lowest BCUT2D eigenvalue weighted by Crippen LogP contribution is -2.14. The number of hydrogen-bond donors (Lipinski definition) is 1. The first kappa shape index (κ1) is 10.6. The second-order valence-electron chi connectivity index (χ2n) is 5.32. The highest BCUT2D eigenvalue weighted by Crippen LogP contribution is 2.20. The highest BCUT2D eigenvalue weighted by atomic mass is 16.5. The maximum absolute atomic E-state index is 5.26. The maximum atomic E-state index is 5.26. The van der Waals surface area contributed by atoms with Crippen molar-refractivity contribution in [2.75, 3.05) is 13.1 Å². The van der Waals surface area contributed by atoms with Gasteiger partial charge in [0.2, 0.25) is 5.89 Å². The summed E-state index contributed by atoms with van der Waals surface area (Å²) in [6, 6.07) is 0. The van der Waals surface area contributed by atoms with Crippen molar-refractivity contribution in [3.05, 3.63) is 11.7 Å². The van der Waals surface area contributed by atoms with Gasteiger partial charge in [0, 0.05) is 11.8 Å². The quantitative estimate of drug-likeness (QED) is 0.802. The van der Waals surface area contributed by atoms with Crippen LogP contribution in [0.25, 0.3) is 0 Å². The molecule has 0 aromatic carbocycles. The molecule has 1 aromatic heterocycles. The van der Waals surface area contributed by atoms with Gasteiger partial charge in [0.05, 0.1) is 0 Å². The van der Waals surface area contributed by atoms with E-state index in [2.05, 4.69) is 36.2 Å². The molecular weight excluding hydrogens is 190 g/mol. The van der Waals surface area contributed by atoms with Crippen LogP contribution in [0.5, 0.6) is 0 Å². The van der Waals surface area contributed by atoms with E-state index in [9.17, 15) is 0 Å². The Balaban J connectivity index is 2.00. The molecule has 0 aliphatic carbocycles. The largest absolute Gasteiger partial charge is 0.339 e. The van der Waals surface area contributed by atoms with Crippen molar-refractivity contribution in [1.29, 1.82) is 0 Å². The number of aromatic nitrogens is 2. The molecule has 15 heavy (non-hydrogen) atoms. The summed E-state index contributed by atoms with van der Waals surface area (Å²) in [6.45, 7) is 8.48. The lowest BCUT2D eigenvalue weighted by molar-refractivity contribution is 0.346. The Labute approximate surface area is 90.4 Å². The van der Waals surface area contributed by atoms with Crippen molar-refractivity contribution < 1.29 is 4.52 Å². The number of nitrogens with zero attached hydrogens (tertiary/aromatic N) is 2. The van der Waals surface area contributed by atoms with Gasteiger partial charge in [-0.25, -0.2) is 0 Å². The molecule has 4 heteroatoms. The van der Waals surface area contributed by atoms with Gasteiger partial charge in [0.15, 0.2) is 5.82 Å². The normalized spacial score (nSPS) is 22.2. The van der Waals surface area contributed by atoms with Gasteiger partial charge in [-0.3, -0.25) is 0 Å². The first-order valence-electron chi connectivity index (χ1n) is 5.59. The summed E-state index contributed by atoms with van der Waals surface area (Å²) < 4.78 is 5.26. The topological polar surface area (TPSA) is 51.0 Å². The minimum atomic E-state index is -0.0182. The van der Waals surface area contributed by atoms with Crippen LogP contribution < -0.4 is 5.32 Å². The van der Waals surface area contributed by atoms with E-state index in [1.165, 1.54) is 6.42 Å². The zero-order valence-electron chi connectivity index (χ0n) is 9.71. The third-order valence-electron chi connectivity index (χ3n) is 2.76. The molecule has 0 radical (unpaired) electrons. The molecule has 0 spiro atoms. The van der Waals surface area contributed by atoms with E-state index in [1.807, 2.05) is 0 Å². The monoisotopic (exact) mass is 209 g/mol. The summed E-state index contributed by atoms with van der Waals surface area (Å²) in [5.74, 6) is 2.26. The van der Waals surface area contributed by atoms with Gasteiger partial charge >= 0.3 is 0 Å². The van der Waals surface area contributed by atoms with Gasteiger partial charge in [0.25, 0.3) is 0 Å². The molecule has 4 nitrogen and oxygen atoms in total. The summed E-state index contributed by atoms with van der Waals surface area (Å²) in [4.78, 5) is 4.44. The fraction of sp³-hybridized carbons (Fsp3) is 0.818. The van der Waals surface area contributed by atoms with Crippen LogP contribution in [0.2, 0.25) is 0 Å². The number of nitrogens with one attached hydrogen (secondary N) is 1. The molecule has 1 atom stereocenters. The van der Waals surface area contributed by atoms with Gasteiger partial charge in [-0.15, -0.1) is 0 Å². The average Bonchev–Trinajstić information content (AvgIpc) is 2.73. The number of hydrogen-bond acceptors (Lipinski definition) is 4. The Hall–Kier alpha value is -0.900. The Kier molecular flexibility index (Phi) is 2.78. The van der Waals surface area contributed by atoms with Crippen LogP contribution in [-0.4, -0.2) is 23.2 Å². The van der Waals surface area contributed by atoms with Gasteiger partial charge < -0.3 is 9.84 Å². The number of rotatable bonds is 2. The zero-order valence-corrected chi connectivity index (χ0v) is 9.71. The third-order valence-corrected chi connectivity index (χ3v) is 2.76. The second-order valence-corrected chi connectivity index (χ2v) is 5.32. The van der Waals surface area contributed by atoms with Crippen molar-refractivity contribution in [2.45, 2.75) is 39.0 Å². The Bertz CT molecular complexity index is 321. The molecule has 0 amide bonds. The minimum absolute atomic E-state index is 0.0182. The van der Waals surface area contributed by atoms with Crippen LogP contribution in [0, 0.1) is 5.92 Å². The van der Waals surface area contributed by atoms with Crippen LogP contribution in [0.3, 0.4) is 0 Å². The summed E-state index contributed by atoms with van der Waals surface area (Å²) in [5.41, 5.74) is -0.0182. The van der Waals surface area contributed by atoms with Crippen molar-refractivity contribution in [2.24, 2.45) is 5.92 Å². The molecule has 2 heterocycles. The standard InChI is InChI=1S/C11H19N3O/c1-11(2,3)10-13-9(15-14-10)6-8-4-5-12-7-8/h8,12H,4-7H2,1-3H3. The van der Waals surface area contributed by atoms with E-state index in [4.69, 9.17) is 4.52 Å². The van der Waals surface area contributed by atoms with Gasteiger partial charge in [-0.05, 0) is 25.4 Å². The van der Waals surface area contributed by atoms with Crippen molar-refractivity contribution in [3.63, 3.8) is 0 Å². The van der Waals surface area contributed by atoms with E-state index < -0.39 is 0 Å². The predicted molar refractivity (Wildman–Crippen MR) is 57.7 cm³/mol. The van der Waals surface area contributed by atoms with Crippen molar-refractivity contribution in [1.82, 2.24) is 15.5 Å². The van der Waals surface area contributed by atoms with E-state index in [-0.39, 0.29) is 5.41 Å². The van der Waals surface area contributed by atoms with Crippen LogP contribution >= 0.6 is 0 Å². The molecule has 1 unspecified atom stereocenters. The minimum Gasteiger partial charge on any atom is -0.339 e. The lowest BCUT2D eigenvalue weighted by Gasteiger charge is -2.11. The maximum Gasteiger partial charge on any atom is 0.226 e. The van der Waals surface area contributed by atoms with Gasteiger partial charge in [-0.2, -0.15) is 4.98 Å². The first-order valence-corrected chi connectivity index (χ1v) is 5.59. The molecule has 1 aromatic rings. The van der Waals surface area contributed by atoms with E-state index in [0.29, 0.717) is 5.92 Å². The average molecular weight is 209 g/mol. The Morgan fingerprint density at radius 1 is 1.47 bits per heavy atom. The molecule has 1 aliphatic heterocycles. The van der Waals surface area contributed by atoms with E-state index >= 15 is 0 Å². The van der Waals surface area contributed by atoms with Crippen molar-refractivity contribution in [3.8, 4) is 0 Å². The highest BCUT2D eigenvalue weighted by molar-refractivity contribution is 5.00. The second kappa shape index (κ2) is 3.93. The fourth-order valence-electron chi connectivity index (χ4n) is 1.78. The lowest BCUT2D eigenvalue weighted by atomic mass is 9.96. The van der Waals surface area contributed by atoms with Crippen LogP contribution in [-0.2, 0) is 11.8 Å². The van der Waals surface area contributed by atoms with Gasteiger partial charge in [-0.1, -0.05) is 25.9 Å². The molecule has 1 fully saturated rings. The highest BCUT2D eigenvalue weighted by Gasteiger charge is 2.23. The zero-order chi connectivity index (χ0) is 10.9. The Morgan fingerprint density at radius 2 is 2.27 bits per heavy atom. The van der Waals surface area contributed by atoms with E-state index in [1.54, 1.807) is 0 Å². The Morgan fingerprint density at radius 3 is 2.80 bits per heavy atom. The van der Waals surface area contributed by atoms with Gasteiger partial charge in [0.1, 0.15) is 0 Å². The molecule has 2 rings (SSSR count). The molecular formula is C11H19N3O. The molecule has 1 saturated heterocycles. The third kappa shape index (κ3) is 2.56. The fourth-order valence-corrected chi connectivity index (χ4v) is 1.78. The summed E-state index contributed by atoms with van der Waals surface area (Å²) >= 11 is 0. The molecule has 0 saturated carbocycles. The molecule has 1 N–H and O–H groups in total. The first-order chi connectivity index (χ1) is 7.05. The van der Waals surface area contributed by atoms with E-state index in [0.717, 1.165) is 31.2 Å². The molecule has 84 valence electrons.